The molecule has 45 heavy (non-hydrogen) atoms. The minimum Gasteiger partial charge on any atom is -0.348 e. The molecule has 9 nitrogen and oxygen atoms in total. The van der Waals surface area contributed by atoms with Crippen LogP contribution in [0.5, 0.6) is 0 Å². The average Bonchev–Trinajstić information content (AvgIpc) is 3.44. The molecule has 0 aliphatic rings. The molecule has 0 bridgehead atoms. The third kappa shape index (κ3) is 9.71. The number of aromatic nitrogens is 2. The maximum absolute atomic E-state index is 13.7. The molecule has 1 heterocycles. The van der Waals surface area contributed by atoms with Crippen LogP contribution in [-0.2, 0) is 35.0 Å². The van der Waals surface area contributed by atoms with Crippen molar-refractivity contribution in [3.8, 4) is 0 Å². The van der Waals surface area contributed by atoms with Crippen LogP contribution >= 0.6 is 0 Å². The topological polar surface area (TPSA) is 108 Å². The molecule has 0 unspecified atom stereocenters. The van der Waals surface area contributed by atoms with E-state index in [1.165, 1.54) is 0 Å². The predicted molar refractivity (Wildman–Crippen MR) is 181 cm³/mol. The van der Waals surface area contributed by atoms with Crippen molar-refractivity contribution in [2.24, 2.45) is 7.05 Å². The van der Waals surface area contributed by atoms with E-state index in [1.807, 2.05) is 67.2 Å². The first-order valence-corrected chi connectivity index (χ1v) is 17.5. The number of hydrogen-bond donors (Lipinski definition) is 3. The molecule has 0 radical (unpaired) electrons. The van der Waals surface area contributed by atoms with Gasteiger partial charge in [-0.2, -0.15) is 4.72 Å². The van der Waals surface area contributed by atoms with Gasteiger partial charge in [-0.1, -0.05) is 68.4 Å². The SMILES string of the molecule is CCCN(CCC)CCC[C@H](NS(=O)(=O)c1ccc(CNCc2nccn2C)cc1)C(=O)N[C@@H](C)c1cccc2ccccc12. The monoisotopic (exact) mass is 632 g/mol. The Morgan fingerprint density at radius 1 is 0.933 bits per heavy atom. The molecule has 0 saturated carbocycles. The van der Waals surface area contributed by atoms with Crippen LogP contribution in [0.3, 0.4) is 0 Å². The minimum atomic E-state index is -3.95. The van der Waals surface area contributed by atoms with Crippen LogP contribution < -0.4 is 15.4 Å². The lowest BCUT2D eigenvalue weighted by atomic mass is 9.99. The molecule has 2 atom stereocenters. The Kier molecular flexibility index (Phi) is 12.7. The summed E-state index contributed by atoms with van der Waals surface area (Å²) in [4.78, 5) is 20.5. The number of benzene rings is 3. The zero-order valence-electron chi connectivity index (χ0n) is 27.0. The van der Waals surface area contributed by atoms with E-state index in [2.05, 4.69) is 39.1 Å². The number of amides is 1. The molecule has 0 aliphatic carbocycles. The largest absolute Gasteiger partial charge is 0.348 e. The van der Waals surface area contributed by atoms with Crippen molar-refractivity contribution < 1.29 is 13.2 Å². The highest BCUT2D eigenvalue weighted by Gasteiger charge is 2.27. The van der Waals surface area contributed by atoms with Crippen LogP contribution in [0.15, 0.2) is 84.0 Å². The van der Waals surface area contributed by atoms with Gasteiger partial charge in [-0.05, 0) is 86.3 Å². The molecule has 1 aromatic heterocycles. The number of imidazole rings is 1. The molecule has 4 rings (SSSR count). The van der Waals surface area contributed by atoms with Gasteiger partial charge in [-0.15, -0.1) is 0 Å². The molecule has 3 aromatic carbocycles. The molecule has 10 heteroatoms. The van der Waals surface area contributed by atoms with E-state index in [-0.39, 0.29) is 16.8 Å². The second-order valence-electron chi connectivity index (χ2n) is 11.7. The molecule has 3 N–H and O–H groups in total. The first kappa shape index (κ1) is 34.3. The number of hydrogen-bond acceptors (Lipinski definition) is 6. The first-order chi connectivity index (χ1) is 21.7. The van der Waals surface area contributed by atoms with E-state index in [0.29, 0.717) is 25.9 Å². The zero-order valence-corrected chi connectivity index (χ0v) is 27.8. The fraction of sp³-hybridized carbons (Fsp3) is 0.429. The van der Waals surface area contributed by atoms with Gasteiger partial charge in [-0.25, -0.2) is 13.4 Å². The summed E-state index contributed by atoms with van der Waals surface area (Å²) < 4.78 is 31.8. The number of aryl methyl sites for hydroxylation is 1. The first-order valence-electron chi connectivity index (χ1n) is 16.0. The van der Waals surface area contributed by atoms with Crippen molar-refractivity contribution in [1.29, 1.82) is 0 Å². The second kappa shape index (κ2) is 16.7. The van der Waals surface area contributed by atoms with Crippen LogP contribution in [0.2, 0.25) is 0 Å². The van der Waals surface area contributed by atoms with Crippen LogP contribution in [-0.4, -0.2) is 54.5 Å². The van der Waals surface area contributed by atoms with Gasteiger partial charge in [0, 0.05) is 26.0 Å². The van der Waals surface area contributed by atoms with Crippen LogP contribution in [0.1, 0.15) is 69.4 Å². The Bertz CT molecular complexity index is 1610. The zero-order chi connectivity index (χ0) is 32.2. The van der Waals surface area contributed by atoms with Crippen molar-refractivity contribution in [1.82, 2.24) is 29.8 Å². The van der Waals surface area contributed by atoms with E-state index in [9.17, 15) is 13.2 Å². The van der Waals surface area contributed by atoms with Gasteiger partial charge in [-0.3, -0.25) is 4.79 Å². The highest BCUT2D eigenvalue weighted by Crippen LogP contribution is 2.24. The number of fused-ring (bicyclic) bond motifs is 1. The van der Waals surface area contributed by atoms with Gasteiger partial charge >= 0.3 is 0 Å². The summed E-state index contributed by atoms with van der Waals surface area (Å²) in [5.41, 5.74) is 1.94. The van der Waals surface area contributed by atoms with E-state index in [1.54, 1.807) is 30.5 Å². The van der Waals surface area contributed by atoms with E-state index in [0.717, 1.165) is 60.2 Å². The summed E-state index contributed by atoms with van der Waals surface area (Å²) in [5.74, 6) is 0.594. The highest BCUT2D eigenvalue weighted by atomic mass is 32.2. The maximum atomic E-state index is 13.7. The molecule has 242 valence electrons. The number of sulfonamides is 1. The summed E-state index contributed by atoms with van der Waals surface area (Å²) in [7, 11) is -2.00. The molecule has 0 saturated heterocycles. The summed E-state index contributed by atoms with van der Waals surface area (Å²) in [6, 6.07) is 19.7. The van der Waals surface area contributed by atoms with Crippen molar-refractivity contribution in [3.05, 3.63) is 96.1 Å². The van der Waals surface area contributed by atoms with Crippen LogP contribution in [0.25, 0.3) is 10.8 Å². The minimum absolute atomic E-state index is 0.133. The van der Waals surface area contributed by atoms with Gasteiger partial charge in [0.25, 0.3) is 0 Å². The van der Waals surface area contributed by atoms with Gasteiger partial charge in [0.05, 0.1) is 17.5 Å². The summed E-state index contributed by atoms with van der Waals surface area (Å²) in [6.07, 6.45) is 6.85. The molecule has 1 amide bonds. The molecular formula is C35H48N6O3S. The molecular weight excluding hydrogens is 584 g/mol. The van der Waals surface area contributed by atoms with Gasteiger partial charge in [0.1, 0.15) is 11.9 Å². The summed E-state index contributed by atoms with van der Waals surface area (Å²) in [6.45, 7) is 10.2. The van der Waals surface area contributed by atoms with Gasteiger partial charge in [0.15, 0.2) is 0 Å². The number of rotatable bonds is 18. The maximum Gasteiger partial charge on any atom is 0.241 e. The predicted octanol–water partition coefficient (Wildman–Crippen LogP) is 5.29. The van der Waals surface area contributed by atoms with E-state index >= 15 is 0 Å². The lowest BCUT2D eigenvalue weighted by Gasteiger charge is -2.24. The number of carbonyl (C=O) groups is 1. The van der Waals surface area contributed by atoms with Gasteiger partial charge < -0.3 is 20.1 Å². The summed E-state index contributed by atoms with van der Waals surface area (Å²) in [5, 5.41) is 8.60. The Morgan fingerprint density at radius 3 is 2.33 bits per heavy atom. The Morgan fingerprint density at radius 2 is 1.64 bits per heavy atom. The van der Waals surface area contributed by atoms with Crippen LogP contribution in [0, 0.1) is 0 Å². The van der Waals surface area contributed by atoms with E-state index < -0.39 is 16.1 Å². The Balaban J connectivity index is 1.45. The van der Waals surface area contributed by atoms with Crippen molar-refractivity contribution in [2.45, 2.75) is 76.5 Å². The molecule has 4 aromatic rings. The highest BCUT2D eigenvalue weighted by molar-refractivity contribution is 7.89. The fourth-order valence-corrected chi connectivity index (χ4v) is 6.91. The average molecular weight is 633 g/mol. The lowest BCUT2D eigenvalue weighted by Crippen LogP contribution is -2.47. The fourth-order valence-electron chi connectivity index (χ4n) is 5.68. The quantitative estimate of drug-likeness (QED) is 0.138. The molecule has 0 spiro atoms. The van der Waals surface area contributed by atoms with Crippen molar-refractivity contribution in [2.75, 3.05) is 19.6 Å². The third-order valence-electron chi connectivity index (χ3n) is 8.08. The molecule has 0 aliphatic heterocycles. The lowest BCUT2D eigenvalue weighted by molar-refractivity contribution is -0.123. The van der Waals surface area contributed by atoms with Crippen molar-refractivity contribution >= 4 is 26.7 Å². The Hall–Kier alpha value is -3.57. The smallest absolute Gasteiger partial charge is 0.241 e. The van der Waals surface area contributed by atoms with Gasteiger partial charge in [0.2, 0.25) is 15.9 Å². The van der Waals surface area contributed by atoms with E-state index in [4.69, 9.17) is 0 Å². The standard InChI is InChI=1S/C35H48N6O3S/c1-5-21-41(22-6-2)23-10-15-33(35(42)38-27(3)31-14-9-12-29-11-7-8-13-32(29)31)39-45(43,44)30-18-16-28(17-19-30)25-36-26-34-37-20-24-40(34)4/h7-9,11-14,16-20,24,27,33,36,39H,5-6,10,15,21-23,25-26H2,1-4H3,(H,38,42)/t27-,33-/m0/s1. The summed E-state index contributed by atoms with van der Waals surface area (Å²) >= 11 is 0. The second-order valence-corrected chi connectivity index (χ2v) is 13.4. The number of carbonyl (C=O) groups excluding carboxylic acids is 1. The van der Waals surface area contributed by atoms with Crippen LogP contribution in [0.4, 0.5) is 0 Å². The number of nitrogens with one attached hydrogen (secondary N) is 3. The Labute approximate surface area is 268 Å². The normalized spacial score (nSPS) is 13.3. The third-order valence-corrected chi connectivity index (χ3v) is 9.56. The number of nitrogens with zero attached hydrogens (tertiary/aromatic N) is 3. The molecule has 0 fully saturated rings. The van der Waals surface area contributed by atoms with Crippen molar-refractivity contribution in [3.63, 3.8) is 0 Å².